The molecule has 7 heteroatoms. The van der Waals surface area contributed by atoms with Crippen molar-refractivity contribution in [2.24, 2.45) is 11.8 Å². The molecule has 0 spiro atoms. The van der Waals surface area contributed by atoms with Gasteiger partial charge in [-0.2, -0.15) is 0 Å². The van der Waals surface area contributed by atoms with Crippen molar-refractivity contribution in [3.63, 3.8) is 0 Å². The normalized spacial score (nSPS) is 28.9. The minimum absolute atomic E-state index is 0.0747. The highest BCUT2D eigenvalue weighted by Gasteiger charge is 2.39. The quantitative estimate of drug-likeness (QED) is 0.714. The van der Waals surface area contributed by atoms with E-state index in [1.54, 1.807) is 4.90 Å². The molecule has 7 nitrogen and oxygen atoms in total. The lowest BCUT2D eigenvalue weighted by Gasteiger charge is -2.41. The number of amides is 2. The van der Waals surface area contributed by atoms with Gasteiger partial charge in [-0.1, -0.05) is 0 Å². The topological polar surface area (TPSA) is 84.9 Å². The predicted octanol–water partition coefficient (Wildman–Crippen LogP) is 0.675. The van der Waals surface area contributed by atoms with Crippen molar-refractivity contribution >= 4 is 17.5 Å². The summed E-state index contributed by atoms with van der Waals surface area (Å²) in [7, 11) is 0. The third-order valence-corrected chi connectivity index (χ3v) is 7.01. The summed E-state index contributed by atoms with van der Waals surface area (Å²) in [6.45, 7) is 4.96. The van der Waals surface area contributed by atoms with E-state index in [2.05, 4.69) is 27.7 Å². The van der Waals surface area contributed by atoms with Gasteiger partial charge in [0.2, 0.25) is 5.91 Å². The number of nitrogens with one attached hydrogen (secondary N) is 2. The van der Waals surface area contributed by atoms with E-state index in [9.17, 15) is 14.7 Å². The molecular formula is C21H28N4O3. The maximum absolute atomic E-state index is 12.8. The molecule has 2 unspecified atom stereocenters. The van der Waals surface area contributed by atoms with Crippen molar-refractivity contribution < 1.29 is 14.7 Å². The summed E-state index contributed by atoms with van der Waals surface area (Å²) in [5.41, 5.74) is 2.90. The Hall–Kier alpha value is -2.12. The van der Waals surface area contributed by atoms with Gasteiger partial charge in [0.1, 0.15) is 12.3 Å². The fourth-order valence-corrected chi connectivity index (χ4v) is 5.13. The van der Waals surface area contributed by atoms with Crippen LogP contribution in [0.15, 0.2) is 18.2 Å². The number of aliphatic hydroxyl groups is 1. The number of aliphatic hydroxyl groups excluding tert-OH is 1. The average molecular weight is 384 g/mol. The van der Waals surface area contributed by atoms with Crippen LogP contribution >= 0.6 is 0 Å². The molecule has 0 aromatic heterocycles. The molecule has 2 amide bonds. The fourth-order valence-electron chi connectivity index (χ4n) is 5.13. The SMILES string of the molecule is O=C1NC(O)CCC1N1Cc2cc(N3CCC(C4CNC4)CC3)ccc2C1=O. The number of rotatable bonds is 3. The van der Waals surface area contributed by atoms with Gasteiger partial charge in [0.05, 0.1) is 0 Å². The molecule has 0 radical (unpaired) electrons. The smallest absolute Gasteiger partial charge is 0.255 e. The average Bonchev–Trinajstić information content (AvgIpc) is 2.97. The van der Waals surface area contributed by atoms with E-state index in [1.807, 2.05) is 6.07 Å². The molecule has 3 N–H and O–H groups in total. The summed E-state index contributed by atoms with van der Waals surface area (Å²) in [4.78, 5) is 29.2. The number of fused-ring (bicyclic) bond motifs is 1. The molecule has 4 aliphatic heterocycles. The first kappa shape index (κ1) is 17.9. The zero-order chi connectivity index (χ0) is 19.3. The zero-order valence-electron chi connectivity index (χ0n) is 16.1. The van der Waals surface area contributed by atoms with Gasteiger partial charge in [0, 0.05) is 30.9 Å². The maximum Gasteiger partial charge on any atom is 0.255 e. The second-order valence-electron chi connectivity index (χ2n) is 8.63. The first-order chi connectivity index (χ1) is 13.6. The number of anilines is 1. The maximum atomic E-state index is 12.8. The highest BCUT2D eigenvalue weighted by atomic mass is 16.3. The Bertz CT molecular complexity index is 786. The van der Waals surface area contributed by atoms with Gasteiger partial charge in [-0.15, -0.1) is 0 Å². The summed E-state index contributed by atoms with van der Waals surface area (Å²) in [5.74, 6) is 1.36. The van der Waals surface area contributed by atoms with Crippen LogP contribution in [0.2, 0.25) is 0 Å². The summed E-state index contributed by atoms with van der Waals surface area (Å²) < 4.78 is 0. The molecule has 1 aromatic carbocycles. The Labute approximate surface area is 165 Å². The lowest BCUT2D eigenvalue weighted by Crippen LogP contribution is -2.54. The number of carbonyl (C=O) groups excluding carboxylic acids is 2. The van der Waals surface area contributed by atoms with E-state index in [4.69, 9.17) is 0 Å². The number of carbonyl (C=O) groups is 2. The van der Waals surface area contributed by atoms with Crippen LogP contribution in [-0.4, -0.2) is 60.3 Å². The lowest BCUT2D eigenvalue weighted by atomic mass is 9.81. The number of nitrogens with zero attached hydrogens (tertiary/aromatic N) is 2. The molecule has 28 heavy (non-hydrogen) atoms. The van der Waals surface area contributed by atoms with E-state index in [1.165, 1.54) is 31.6 Å². The Morgan fingerprint density at radius 3 is 2.46 bits per heavy atom. The van der Waals surface area contributed by atoms with Crippen LogP contribution < -0.4 is 15.5 Å². The summed E-state index contributed by atoms with van der Waals surface area (Å²) in [6.07, 6.45) is 2.66. The molecule has 0 bridgehead atoms. The van der Waals surface area contributed by atoms with E-state index >= 15 is 0 Å². The Morgan fingerprint density at radius 1 is 1.00 bits per heavy atom. The molecule has 1 aromatic rings. The monoisotopic (exact) mass is 384 g/mol. The van der Waals surface area contributed by atoms with Gasteiger partial charge in [0.15, 0.2) is 0 Å². The molecule has 2 atom stereocenters. The van der Waals surface area contributed by atoms with Crippen LogP contribution in [0.4, 0.5) is 5.69 Å². The number of hydrogen-bond donors (Lipinski definition) is 3. The summed E-state index contributed by atoms with van der Waals surface area (Å²) >= 11 is 0. The van der Waals surface area contributed by atoms with Gasteiger partial charge in [0.25, 0.3) is 5.91 Å². The van der Waals surface area contributed by atoms with Gasteiger partial charge >= 0.3 is 0 Å². The molecule has 3 fully saturated rings. The first-order valence-electron chi connectivity index (χ1n) is 10.5. The van der Waals surface area contributed by atoms with Crippen molar-refractivity contribution in [3.05, 3.63) is 29.3 Å². The molecule has 4 heterocycles. The van der Waals surface area contributed by atoms with Gasteiger partial charge in [-0.3, -0.25) is 9.59 Å². The van der Waals surface area contributed by atoms with Crippen LogP contribution in [0, 0.1) is 11.8 Å². The van der Waals surface area contributed by atoms with Crippen molar-refractivity contribution in [1.82, 2.24) is 15.5 Å². The Balaban J connectivity index is 1.27. The van der Waals surface area contributed by atoms with Gasteiger partial charge in [-0.05, 0) is 74.4 Å². The molecule has 3 saturated heterocycles. The van der Waals surface area contributed by atoms with E-state index in [0.717, 1.165) is 30.5 Å². The molecule has 150 valence electrons. The van der Waals surface area contributed by atoms with Crippen molar-refractivity contribution in [2.75, 3.05) is 31.1 Å². The van der Waals surface area contributed by atoms with E-state index in [0.29, 0.717) is 24.9 Å². The third kappa shape index (κ3) is 3.06. The molecule has 4 aliphatic rings. The molecular weight excluding hydrogens is 356 g/mol. The van der Waals surface area contributed by atoms with Crippen LogP contribution in [0.25, 0.3) is 0 Å². The van der Waals surface area contributed by atoms with Crippen molar-refractivity contribution in [1.29, 1.82) is 0 Å². The van der Waals surface area contributed by atoms with Crippen LogP contribution in [-0.2, 0) is 11.3 Å². The number of benzene rings is 1. The van der Waals surface area contributed by atoms with E-state index in [-0.39, 0.29) is 11.8 Å². The molecule has 5 rings (SSSR count). The predicted molar refractivity (Wildman–Crippen MR) is 105 cm³/mol. The summed E-state index contributed by atoms with van der Waals surface area (Å²) in [6, 6.07) is 5.62. The standard InChI is InChI=1S/C21H28N4O3/c26-19-4-3-18(20(27)23-19)25-12-14-9-16(1-2-17(14)21(25)28)24-7-5-13(6-8-24)15-10-22-11-15/h1-2,9,13,15,18-19,22,26H,3-8,10-12H2,(H,23,27). The largest absolute Gasteiger partial charge is 0.374 e. The third-order valence-electron chi connectivity index (χ3n) is 7.01. The Kier molecular flexibility index (Phi) is 4.51. The fraction of sp³-hybridized carbons (Fsp3) is 0.619. The molecule has 0 saturated carbocycles. The second kappa shape index (κ2) is 7.04. The van der Waals surface area contributed by atoms with Crippen molar-refractivity contribution in [3.8, 4) is 0 Å². The highest BCUT2D eigenvalue weighted by molar-refractivity contribution is 6.01. The minimum atomic E-state index is -0.797. The Morgan fingerprint density at radius 2 is 1.79 bits per heavy atom. The van der Waals surface area contributed by atoms with Gasteiger partial charge < -0.3 is 25.5 Å². The second-order valence-corrected chi connectivity index (χ2v) is 8.63. The van der Waals surface area contributed by atoms with Crippen molar-refractivity contribution in [2.45, 2.75) is 44.5 Å². The van der Waals surface area contributed by atoms with Gasteiger partial charge in [-0.25, -0.2) is 0 Å². The molecule has 0 aliphatic carbocycles. The minimum Gasteiger partial charge on any atom is -0.374 e. The highest BCUT2D eigenvalue weighted by Crippen LogP contribution is 2.34. The van der Waals surface area contributed by atoms with E-state index < -0.39 is 12.3 Å². The van der Waals surface area contributed by atoms with Crippen LogP contribution in [0.1, 0.15) is 41.6 Å². The lowest BCUT2D eigenvalue weighted by molar-refractivity contribution is -0.132. The first-order valence-corrected chi connectivity index (χ1v) is 10.5. The number of hydrogen-bond acceptors (Lipinski definition) is 5. The van der Waals surface area contributed by atoms with Crippen LogP contribution in [0.5, 0.6) is 0 Å². The zero-order valence-corrected chi connectivity index (χ0v) is 16.1. The summed E-state index contributed by atoms with van der Waals surface area (Å²) in [5, 5.41) is 15.5. The number of piperidine rings is 2. The van der Waals surface area contributed by atoms with Crippen LogP contribution in [0.3, 0.4) is 0 Å².